The van der Waals surface area contributed by atoms with Crippen molar-refractivity contribution in [3.8, 4) is 0 Å². The van der Waals surface area contributed by atoms with Crippen molar-refractivity contribution in [3.63, 3.8) is 0 Å². The minimum Gasteiger partial charge on any atom is -0.383 e. The van der Waals surface area contributed by atoms with Crippen LogP contribution in [0.15, 0.2) is 24.4 Å². The molecule has 1 aromatic heterocycles. The summed E-state index contributed by atoms with van der Waals surface area (Å²) < 4.78 is 19.3. The van der Waals surface area contributed by atoms with Crippen molar-refractivity contribution in [1.82, 2.24) is 4.98 Å². The van der Waals surface area contributed by atoms with E-state index in [9.17, 15) is 4.39 Å². The zero-order valence-corrected chi connectivity index (χ0v) is 12.5. The van der Waals surface area contributed by atoms with E-state index in [-0.39, 0.29) is 5.82 Å². The fourth-order valence-corrected chi connectivity index (χ4v) is 2.59. The Hall–Kier alpha value is -1.37. The van der Waals surface area contributed by atoms with E-state index in [1.54, 1.807) is 19.4 Å². The summed E-state index contributed by atoms with van der Waals surface area (Å²) in [6.07, 6.45) is 1.71. The van der Waals surface area contributed by atoms with Crippen molar-refractivity contribution in [2.24, 2.45) is 0 Å². The van der Waals surface area contributed by atoms with Crippen LogP contribution in [-0.4, -0.2) is 25.2 Å². The minimum absolute atomic E-state index is 0.298. The van der Waals surface area contributed by atoms with E-state index in [4.69, 9.17) is 16.3 Å². The van der Waals surface area contributed by atoms with E-state index in [0.29, 0.717) is 35.5 Å². The van der Waals surface area contributed by atoms with Crippen molar-refractivity contribution in [3.05, 3.63) is 39.6 Å². The minimum atomic E-state index is -0.298. The van der Waals surface area contributed by atoms with Gasteiger partial charge in [0.15, 0.2) is 4.47 Å². The maximum Gasteiger partial charge on any atom is 0.183 e. The number of hydrogen-bond donors (Lipinski definition) is 2. The van der Waals surface area contributed by atoms with E-state index in [0.717, 1.165) is 4.88 Å². The van der Waals surface area contributed by atoms with E-state index in [1.807, 2.05) is 6.07 Å². The fraction of sp³-hybridized carbons (Fsp3) is 0.308. The molecular formula is C13H15ClFN3OS. The first-order valence-electron chi connectivity index (χ1n) is 6.06. The molecule has 1 heterocycles. The maximum atomic E-state index is 13.8. The average Bonchev–Trinajstić information content (AvgIpc) is 2.85. The third kappa shape index (κ3) is 4.06. The van der Waals surface area contributed by atoms with Crippen molar-refractivity contribution < 1.29 is 9.13 Å². The normalized spacial score (nSPS) is 10.6. The van der Waals surface area contributed by atoms with Crippen LogP contribution in [-0.2, 0) is 11.3 Å². The molecule has 7 heteroatoms. The van der Waals surface area contributed by atoms with Gasteiger partial charge >= 0.3 is 0 Å². The first-order chi connectivity index (χ1) is 9.70. The lowest BCUT2D eigenvalue weighted by molar-refractivity contribution is 0.210. The molecule has 2 aromatic rings. The molecule has 0 atom stereocenters. The van der Waals surface area contributed by atoms with Gasteiger partial charge in [0, 0.05) is 24.7 Å². The Balaban J connectivity index is 2.04. The second-order valence-electron chi connectivity index (χ2n) is 4.02. The molecule has 0 saturated heterocycles. The third-order valence-electron chi connectivity index (χ3n) is 2.60. The summed E-state index contributed by atoms with van der Waals surface area (Å²) in [5, 5.41) is 6.20. The second kappa shape index (κ2) is 7.42. The van der Waals surface area contributed by atoms with Gasteiger partial charge in [0.05, 0.1) is 24.5 Å². The Kier molecular flexibility index (Phi) is 5.58. The van der Waals surface area contributed by atoms with Crippen molar-refractivity contribution >= 4 is 34.3 Å². The molecule has 108 valence electrons. The van der Waals surface area contributed by atoms with Crippen LogP contribution in [0.5, 0.6) is 0 Å². The van der Waals surface area contributed by atoms with Crippen LogP contribution in [0.2, 0.25) is 4.47 Å². The highest BCUT2D eigenvalue weighted by Gasteiger charge is 2.08. The van der Waals surface area contributed by atoms with Crippen LogP contribution in [0, 0.1) is 5.82 Å². The molecule has 0 spiro atoms. The number of benzene rings is 1. The van der Waals surface area contributed by atoms with Gasteiger partial charge in [-0.25, -0.2) is 9.37 Å². The zero-order chi connectivity index (χ0) is 14.4. The topological polar surface area (TPSA) is 46.2 Å². The maximum absolute atomic E-state index is 13.8. The van der Waals surface area contributed by atoms with Crippen LogP contribution in [0.4, 0.5) is 15.8 Å². The molecule has 0 aliphatic heterocycles. The van der Waals surface area contributed by atoms with E-state index in [1.165, 1.54) is 17.4 Å². The number of nitrogens with zero attached hydrogens (tertiary/aromatic N) is 1. The highest BCUT2D eigenvalue weighted by atomic mass is 35.5. The zero-order valence-electron chi connectivity index (χ0n) is 11.0. The number of halogens is 2. The highest BCUT2D eigenvalue weighted by Crippen LogP contribution is 2.26. The Morgan fingerprint density at radius 3 is 2.95 bits per heavy atom. The number of anilines is 2. The molecule has 2 N–H and O–H groups in total. The number of ether oxygens (including phenoxy) is 1. The molecule has 0 saturated carbocycles. The molecule has 0 fully saturated rings. The molecule has 0 bridgehead atoms. The first kappa shape index (κ1) is 15.0. The lowest BCUT2D eigenvalue weighted by Gasteiger charge is -2.14. The Labute approximate surface area is 125 Å². The van der Waals surface area contributed by atoms with Gasteiger partial charge in [0.2, 0.25) is 0 Å². The van der Waals surface area contributed by atoms with Crippen LogP contribution >= 0.6 is 22.9 Å². The summed E-state index contributed by atoms with van der Waals surface area (Å²) in [5.74, 6) is -0.298. The number of aromatic nitrogens is 1. The summed E-state index contributed by atoms with van der Waals surface area (Å²) in [6, 6.07) is 4.91. The Morgan fingerprint density at radius 2 is 2.25 bits per heavy atom. The Bertz CT molecular complexity index is 564. The van der Waals surface area contributed by atoms with Gasteiger partial charge in [0.1, 0.15) is 5.82 Å². The molecule has 0 unspecified atom stereocenters. The molecule has 4 nitrogen and oxygen atoms in total. The molecule has 2 rings (SSSR count). The molecule has 0 aliphatic rings. The van der Waals surface area contributed by atoms with Crippen molar-refractivity contribution in [2.45, 2.75) is 6.54 Å². The largest absolute Gasteiger partial charge is 0.383 e. The Morgan fingerprint density at radius 1 is 1.40 bits per heavy atom. The van der Waals surface area contributed by atoms with Gasteiger partial charge in [-0.1, -0.05) is 17.7 Å². The fourth-order valence-electron chi connectivity index (χ4n) is 1.68. The number of hydrogen-bond acceptors (Lipinski definition) is 5. The predicted molar refractivity (Wildman–Crippen MR) is 81.2 cm³/mol. The number of rotatable bonds is 7. The summed E-state index contributed by atoms with van der Waals surface area (Å²) >= 11 is 7.17. The second-order valence-corrected chi connectivity index (χ2v) is 5.71. The van der Waals surface area contributed by atoms with Gasteiger partial charge < -0.3 is 15.4 Å². The SMILES string of the molecule is COCCNc1c(F)cccc1NCc1cnc(Cl)s1. The van der Waals surface area contributed by atoms with Crippen molar-refractivity contribution in [1.29, 1.82) is 0 Å². The van der Waals surface area contributed by atoms with Crippen LogP contribution in [0.25, 0.3) is 0 Å². The van der Waals surface area contributed by atoms with Gasteiger partial charge in [-0.15, -0.1) is 11.3 Å². The molecule has 0 radical (unpaired) electrons. The number of thiazole rings is 1. The monoisotopic (exact) mass is 315 g/mol. The van der Waals surface area contributed by atoms with Gasteiger partial charge in [-0.2, -0.15) is 0 Å². The molecule has 1 aromatic carbocycles. The van der Waals surface area contributed by atoms with Gasteiger partial charge in [0.25, 0.3) is 0 Å². The molecule has 0 aliphatic carbocycles. The summed E-state index contributed by atoms with van der Waals surface area (Å²) in [4.78, 5) is 4.96. The number of nitrogens with one attached hydrogen (secondary N) is 2. The van der Waals surface area contributed by atoms with E-state index < -0.39 is 0 Å². The molecule has 0 amide bonds. The summed E-state index contributed by atoms with van der Waals surface area (Å²) in [7, 11) is 1.61. The molecular weight excluding hydrogens is 301 g/mol. The van der Waals surface area contributed by atoms with Crippen LogP contribution in [0.1, 0.15) is 4.88 Å². The first-order valence-corrected chi connectivity index (χ1v) is 7.25. The third-order valence-corrected chi connectivity index (χ3v) is 3.71. The highest BCUT2D eigenvalue weighted by molar-refractivity contribution is 7.15. The number of para-hydroxylation sites is 1. The van der Waals surface area contributed by atoms with Gasteiger partial charge in [-0.3, -0.25) is 0 Å². The van der Waals surface area contributed by atoms with E-state index in [2.05, 4.69) is 15.6 Å². The van der Waals surface area contributed by atoms with Gasteiger partial charge in [-0.05, 0) is 12.1 Å². The predicted octanol–water partition coefficient (Wildman–Crippen LogP) is 3.61. The van der Waals surface area contributed by atoms with Crippen LogP contribution in [0.3, 0.4) is 0 Å². The van der Waals surface area contributed by atoms with Crippen molar-refractivity contribution in [2.75, 3.05) is 30.9 Å². The lowest BCUT2D eigenvalue weighted by atomic mass is 10.2. The molecule has 20 heavy (non-hydrogen) atoms. The lowest BCUT2D eigenvalue weighted by Crippen LogP contribution is -2.11. The van der Waals surface area contributed by atoms with Crippen LogP contribution < -0.4 is 10.6 Å². The smallest absolute Gasteiger partial charge is 0.183 e. The standard InChI is InChI=1S/C13H15ClFN3OS/c1-19-6-5-16-12-10(15)3-2-4-11(12)17-7-9-8-18-13(14)20-9/h2-4,8,16-17H,5-7H2,1H3. The van der Waals surface area contributed by atoms with E-state index >= 15 is 0 Å². The quantitative estimate of drug-likeness (QED) is 0.766. The number of methoxy groups -OCH3 is 1. The average molecular weight is 316 g/mol. The summed E-state index contributed by atoms with van der Waals surface area (Å²) in [6.45, 7) is 1.60. The summed E-state index contributed by atoms with van der Waals surface area (Å²) in [5.41, 5.74) is 1.14.